The average molecular weight is 350 g/mol. The van der Waals surface area contributed by atoms with Gasteiger partial charge in [0.1, 0.15) is 5.69 Å². The lowest BCUT2D eigenvalue weighted by Gasteiger charge is -2.13. The molecule has 0 spiro atoms. The van der Waals surface area contributed by atoms with Crippen LogP contribution in [0.4, 0.5) is 0 Å². The number of likely N-dealkylation sites (N-methyl/N-ethyl adjacent to an activating group) is 1. The number of carbonyl (C=O) groups excluding carboxylic acids is 1. The van der Waals surface area contributed by atoms with Gasteiger partial charge >= 0.3 is 0 Å². The fraction of sp³-hybridized carbons (Fsp3) is 0.312. The van der Waals surface area contributed by atoms with Crippen molar-refractivity contribution < 1.29 is 4.79 Å². The molecule has 0 fully saturated rings. The third-order valence-electron chi connectivity index (χ3n) is 3.57. The Morgan fingerprint density at radius 1 is 1.29 bits per heavy atom. The van der Waals surface area contributed by atoms with Crippen molar-refractivity contribution in [3.63, 3.8) is 0 Å². The molecule has 0 aliphatic rings. The maximum Gasteiger partial charge on any atom is 0.267 e. The van der Waals surface area contributed by atoms with E-state index in [1.807, 2.05) is 62.0 Å². The highest BCUT2D eigenvalue weighted by Crippen LogP contribution is 2.28. The van der Waals surface area contributed by atoms with Crippen LogP contribution in [0.25, 0.3) is 11.3 Å². The number of amides is 1. The number of nitrogens with one attached hydrogen (secondary N) is 2. The molecule has 112 valence electrons. The van der Waals surface area contributed by atoms with Crippen LogP contribution in [0.3, 0.4) is 0 Å². The molecule has 5 heteroatoms. The molecule has 1 aromatic carbocycles. The highest BCUT2D eigenvalue weighted by molar-refractivity contribution is 9.10. The van der Waals surface area contributed by atoms with Gasteiger partial charge in [-0.15, -0.1) is 0 Å². The van der Waals surface area contributed by atoms with Gasteiger partial charge in [0.2, 0.25) is 0 Å². The van der Waals surface area contributed by atoms with Crippen molar-refractivity contribution >= 4 is 21.8 Å². The van der Waals surface area contributed by atoms with Gasteiger partial charge in [-0.2, -0.15) is 0 Å². The number of aromatic nitrogens is 1. The number of benzene rings is 1. The molecular formula is C16H20BrN3O. The van der Waals surface area contributed by atoms with Crippen molar-refractivity contribution in [1.29, 1.82) is 0 Å². The minimum atomic E-state index is -0.0575. The van der Waals surface area contributed by atoms with Crippen molar-refractivity contribution in [3.8, 4) is 11.3 Å². The number of hydrogen-bond donors (Lipinski definition) is 2. The Hall–Kier alpha value is -1.59. The lowest BCUT2D eigenvalue weighted by atomic mass is 10.1. The molecule has 1 unspecified atom stereocenters. The highest BCUT2D eigenvalue weighted by Gasteiger charge is 2.15. The second-order valence-electron chi connectivity index (χ2n) is 5.04. The number of halogens is 1. The zero-order chi connectivity index (χ0) is 15.4. The van der Waals surface area contributed by atoms with Crippen molar-refractivity contribution in [2.75, 3.05) is 13.6 Å². The van der Waals surface area contributed by atoms with E-state index in [1.54, 1.807) is 0 Å². The average Bonchev–Trinajstić information content (AvgIpc) is 2.86. The van der Waals surface area contributed by atoms with Gasteiger partial charge in [-0.1, -0.05) is 34.1 Å². The molecule has 0 radical (unpaired) electrons. The summed E-state index contributed by atoms with van der Waals surface area (Å²) >= 11 is 3.55. The maximum absolute atomic E-state index is 12.2. The van der Waals surface area contributed by atoms with Gasteiger partial charge in [-0.3, -0.25) is 4.79 Å². The predicted molar refractivity (Wildman–Crippen MR) is 89.4 cm³/mol. The Morgan fingerprint density at radius 3 is 2.67 bits per heavy atom. The van der Waals surface area contributed by atoms with Gasteiger partial charge in [0.05, 0.1) is 0 Å². The monoisotopic (exact) mass is 349 g/mol. The van der Waals surface area contributed by atoms with Crippen LogP contribution in [0.2, 0.25) is 0 Å². The summed E-state index contributed by atoms with van der Waals surface area (Å²) in [5.74, 6) is -0.0575. The highest BCUT2D eigenvalue weighted by atomic mass is 79.9. The van der Waals surface area contributed by atoms with Crippen LogP contribution in [0.1, 0.15) is 17.4 Å². The minimum Gasteiger partial charge on any atom is -0.349 e. The van der Waals surface area contributed by atoms with Crippen molar-refractivity contribution in [1.82, 2.24) is 15.2 Å². The predicted octanol–water partition coefficient (Wildman–Crippen LogP) is 2.79. The third-order valence-corrected chi connectivity index (χ3v) is 4.26. The molecular weight excluding hydrogens is 330 g/mol. The van der Waals surface area contributed by atoms with Crippen LogP contribution < -0.4 is 10.6 Å². The van der Waals surface area contributed by atoms with Gasteiger partial charge in [-0.05, 0) is 32.2 Å². The SMILES string of the molecule is CNC(C)CNC(=O)c1ccc(-c2ccccc2Br)n1C. The van der Waals surface area contributed by atoms with E-state index in [0.29, 0.717) is 12.2 Å². The van der Waals surface area contributed by atoms with Crippen LogP contribution in [0, 0.1) is 0 Å². The van der Waals surface area contributed by atoms with E-state index in [2.05, 4.69) is 26.6 Å². The Balaban J connectivity index is 2.21. The smallest absolute Gasteiger partial charge is 0.267 e. The number of carbonyl (C=O) groups is 1. The quantitative estimate of drug-likeness (QED) is 0.871. The summed E-state index contributed by atoms with van der Waals surface area (Å²) in [6.45, 7) is 2.63. The maximum atomic E-state index is 12.2. The molecule has 0 saturated heterocycles. The van der Waals surface area contributed by atoms with E-state index in [1.165, 1.54) is 0 Å². The van der Waals surface area contributed by atoms with Crippen molar-refractivity contribution in [3.05, 3.63) is 46.6 Å². The number of hydrogen-bond acceptors (Lipinski definition) is 2. The molecule has 0 bridgehead atoms. The normalized spacial score (nSPS) is 12.2. The minimum absolute atomic E-state index is 0.0575. The van der Waals surface area contributed by atoms with E-state index < -0.39 is 0 Å². The first-order valence-corrected chi connectivity index (χ1v) is 7.70. The summed E-state index contributed by atoms with van der Waals surface area (Å²) in [7, 11) is 3.79. The van der Waals surface area contributed by atoms with Crippen LogP contribution in [-0.4, -0.2) is 30.1 Å². The molecule has 21 heavy (non-hydrogen) atoms. The molecule has 0 aliphatic heterocycles. The van der Waals surface area contributed by atoms with Crippen molar-refractivity contribution in [2.24, 2.45) is 7.05 Å². The fourth-order valence-corrected chi connectivity index (χ4v) is 2.60. The summed E-state index contributed by atoms with van der Waals surface area (Å²) in [6, 6.07) is 12.1. The fourth-order valence-electron chi connectivity index (χ4n) is 2.12. The largest absolute Gasteiger partial charge is 0.349 e. The van der Waals surface area contributed by atoms with Gasteiger partial charge < -0.3 is 15.2 Å². The second kappa shape index (κ2) is 6.91. The summed E-state index contributed by atoms with van der Waals surface area (Å²) < 4.78 is 2.93. The van der Waals surface area contributed by atoms with E-state index in [4.69, 9.17) is 0 Å². The molecule has 4 nitrogen and oxygen atoms in total. The molecule has 1 amide bonds. The van der Waals surface area contributed by atoms with Gasteiger partial charge in [0.15, 0.2) is 0 Å². The second-order valence-corrected chi connectivity index (χ2v) is 5.90. The Kier molecular flexibility index (Phi) is 5.20. The molecule has 1 heterocycles. The molecule has 2 aromatic rings. The standard InChI is InChI=1S/C16H20BrN3O/c1-11(18-2)10-19-16(21)15-9-8-14(20(15)3)12-6-4-5-7-13(12)17/h4-9,11,18H,10H2,1-3H3,(H,19,21). The number of rotatable bonds is 5. The molecule has 0 aliphatic carbocycles. The van der Waals surface area contributed by atoms with E-state index in [0.717, 1.165) is 15.7 Å². The first-order valence-electron chi connectivity index (χ1n) is 6.90. The van der Waals surface area contributed by atoms with Crippen LogP contribution in [0.5, 0.6) is 0 Å². The first-order chi connectivity index (χ1) is 10.0. The molecule has 0 saturated carbocycles. The molecule has 2 N–H and O–H groups in total. The van der Waals surface area contributed by atoms with Crippen LogP contribution in [-0.2, 0) is 7.05 Å². The Morgan fingerprint density at radius 2 is 2.00 bits per heavy atom. The lowest BCUT2D eigenvalue weighted by molar-refractivity contribution is 0.0942. The summed E-state index contributed by atoms with van der Waals surface area (Å²) in [5, 5.41) is 6.03. The summed E-state index contributed by atoms with van der Waals surface area (Å²) in [5.41, 5.74) is 2.74. The zero-order valence-electron chi connectivity index (χ0n) is 12.5. The molecule has 2 rings (SSSR count). The lowest BCUT2D eigenvalue weighted by Crippen LogP contribution is -2.37. The van der Waals surface area contributed by atoms with E-state index in [9.17, 15) is 4.79 Å². The first kappa shape index (κ1) is 15.8. The van der Waals surface area contributed by atoms with Gasteiger partial charge in [-0.25, -0.2) is 0 Å². The Bertz CT molecular complexity index is 636. The Labute approximate surface area is 133 Å². The van der Waals surface area contributed by atoms with E-state index in [-0.39, 0.29) is 11.9 Å². The van der Waals surface area contributed by atoms with Crippen LogP contribution in [0.15, 0.2) is 40.9 Å². The third kappa shape index (κ3) is 3.54. The van der Waals surface area contributed by atoms with Gasteiger partial charge in [0.25, 0.3) is 5.91 Å². The van der Waals surface area contributed by atoms with Crippen LogP contribution >= 0.6 is 15.9 Å². The topological polar surface area (TPSA) is 46.1 Å². The van der Waals surface area contributed by atoms with Gasteiger partial charge in [0, 0.05) is 35.4 Å². The summed E-state index contributed by atoms with van der Waals surface area (Å²) in [6.07, 6.45) is 0. The number of nitrogens with zero attached hydrogens (tertiary/aromatic N) is 1. The zero-order valence-corrected chi connectivity index (χ0v) is 14.1. The van der Waals surface area contributed by atoms with E-state index >= 15 is 0 Å². The van der Waals surface area contributed by atoms with Crippen molar-refractivity contribution in [2.45, 2.75) is 13.0 Å². The summed E-state index contributed by atoms with van der Waals surface area (Å²) in [4.78, 5) is 12.2. The molecule has 1 aromatic heterocycles. The molecule has 1 atom stereocenters.